The molecule has 0 saturated heterocycles. The van der Waals surface area contributed by atoms with Gasteiger partial charge in [-0.05, 0) is 37.3 Å². The quantitative estimate of drug-likeness (QED) is 0.381. The van der Waals surface area contributed by atoms with Crippen molar-refractivity contribution in [3.63, 3.8) is 0 Å². The molecule has 1 aromatic heterocycles. The number of halogens is 1. The largest absolute Gasteiger partial charge is 0.404 e. The molecule has 0 spiro atoms. The lowest BCUT2D eigenvalue weighted by atomic mass is 10.2. The lowest BCUT2D eigenvalue weighted by Crippen LogP contribution is -2.11. The summed E-state index contributed by atoms with van der Waals surface area (Å²) in [6.07, 6.45) is 0. The van der Waals surface area contributed by atoms with Gasteiger partial charge in [-0.3, -0.25) is 0 Å². The summed E-state index contributed by atoms with van der Waals surface area (Å²) < 4.78 is 8.18. The van der Waals surface area contributed by atoms with Crippen molar-refractivity contribution in [2.45, 2.75) is 6.92 Å². The Balaban J connectivity index is 1.75. The summed E-state index contributed by atoms with van der Waals surface area (Å²) in [6, 6.07) is 26.6. The summed E-state index contributed by atoms with van der Waals surface area (Å²) in [5, 5.41) is 4.67. The Morgan fingerprint density at radius 3 is 2.39 bits per heavy atom. The molecule has 5 heteroatoms. The maximum Gasteiger partial charge on any atom is 0.344 e. The van der Waals surface area contributed by atoms with E-state index in [4.69, 9.17) is 4.74 Å². The zero-order chi connectivity index (χ0) is 19.5. The van der Waals surface area contributed by atoms with Crippen LogP contribution < -0.4 is 4.74 Å². The summed E-state index contributed by atoms with van der Waals surface area (Å²) in [5.74, 6) is -0.0677. The molecular formula is C23H17BrN2O2. The van der Waals surface area contributed by atoms with Crippen molar-refractivity contribution in [1.29, 1.82) is 0 Å². The van der Waals surface area contributed by atoms with Gasteiger partial charge in [-0.1, -0.05) is 70.0 Å². The molecule has 4 nitrogen and oxygen atoms in total. The van der Waals surface area contributed by atoms with Gasteiger partial charge in [0.25, 0.3) is 0 Å². The van der Waals surface area contributed by atoms with Crippen LogP contribution in [0.25, 0.3) is 16.9 Å². The van der Waals surface area contributed by atoms with Crippen molar-refractivity contribution in [3.8, 4) is 22.8 Å². The summed E-state index contributed by atoms with van der Waals surface area (Å²) in [6.45, 7) is 2.02. The second kappa shape index (κ2) is 7.82. The molecule has 138 valence electrons. The number of hydrogen-bond donors (Lipinski definition) is 0. The van der Waals surface area contributed by atoms with Crippen molar-refractivity contribution in [3.05, 3.63) is 101 Å². The number of carbonyl (C=O) groups excluding carboxylic acids is 1. The van der Waals surface area contributed by atoms with E-state index in [-0.39, 0.29) is 0 Å². The zero-order valence-electron chi connectivity index (χ0n) is 15.2. The maximum absolute atomic E-state index is 12.7. The number of esters is 1. The lowest BCUT2D eigenvalue weighted by molar-refractivity contribution is 0.0723. The Hall–Kier alpha value is -3.18. The molecule has 3 aromatic carbocycles. The number of ether oxygens (including phenoxy) is 1. The topological polar surface area (TPSA) is 44.1 Å². The van der Waals surface area contributed by atoms with Gasteiger partial charge in [0.15, 0.2) is 0 Å². The van der Waals surface area contributed by atoms with Crippen LogP contribution in [0, 0.1) is 6.92 Å². The Bertz CT molecular complexity index is 1120. The van der Waals surface area contributed by atoms with Gasteiger partial charge < -0.3 is 4.74 Å². The SMILES string of the molecule is Cc1ccc(-n2nc(-c3ccccc3)cc2OC(=O)c2cccc(Br)c2)cc1. The number of carbonyl (C=O) groups is 1. The standard InChI is InChI=1S/C23H17BrN2O2/c1-16-10-12-20(13-11-16)26-22(15-21(25-26)17-6-3-2-4-7-17)28-23(27)18-8-5-9-19(24)14-18/h2-15H,1H3. The average molecular weight is 433 g/mol. The fourth-order valence-electron chi connectivity index (χ4n) is 2.83. The van der Waals surface area contributed by atoms with Crippen molar-refractivity contribution in [2.75, 3.05) is 0 Å². The first kappa shape index (κ1) is 18.2. The van der Waals surface area contributed by atoms with Gasteiger partial charge in [0.05, 0.1) is 16.9 Å². The fourth-order valence-corrected chi connectivity index (χ4v) is 3.23. The molecule has 0 fully saturated rings. The van der Waals surface area contributed by atoms with E-state index in [0.29, 0.717) is 11.4 Å². The van der Waals surface area contributed by atoms with Gasteiger partial charge in [-0.15, -0.1) is 0 Å². The Morgan fingerprint density at radius 2 is 1.68 bits per heavy atom. The second-order valence-electron chi connectivity index (χ2n) is 6.38. The highest BCUT2D eigenvalue weighted by Crippen LogP contribution is 2.27. The minimum absolute atomic E-state index is 0.368. The summed E-state index contributed by atoms with van der Waals surface area (Å²) in [7, 11) is 0. The minimum atomic E-state index is -0.436. The van der Waals surface area contributed by atoms with Gasteiger partial charge >= 0.3 is 5.97 Å². The van der Waals surface area contributed by atoms with Crippen LogP contribution in [0.2, 0.25) is 0 Å². The first-order valence-electron chi connectivity index (χ1n) is 8.80. The van der Waals surface area contributed by atoms with Crippen LogP contribution in [0.3, 0.4) is 0 Å². The molecule has 4 aromatic rings. The summed E-state index contributed by atoms with van der Waals surface area (Å²) in [5.41, 5.74) is 4.12. The number of aromatic nitrogens is 2. The monoisotopic (exact) mass is 432 g/mol. The third kappa shape index (κ3) is 3.89. The molecule has 28 heavy (non-hydrogen) atoms. The predicted octanol–water partition coefficient (Wildman–Crippen LogP) is 5.83. The van der Waals surface area contributed by atoms with Crippen LogP contribution >= 0.6 is 15.9 Å². The third-order valence-electron chi connectivity index (χ3n) is 4.28. The first-order chi connectivity index (χ1) is 13.6. The van der Waals surface area contributed by atoms with Gasteiger partial charge in [0, 0.05) is 16.1 Å². The van der Waals surface area contributed by atoms with Crippen LogP contribution in [0.15, 0.2) is 89.4 Å². The molecule has 0 saturated carbocycles. The van der Waals surface area contributed by atoms with E-state index in [1.165, 1.54) is 0 Å². The molecular weight excluding hydrogens is 416 g/mol. The summed E-state index contributed by atoms with van der Waals surface area (Å²) in [4.78, 5) is 12.7. The van der Waals surface area contributed by atoms with Gasteiger partial charge in [-0.25, -0.2) is 9.48 Å². The summed E-state index contributed by atoms with van der Waals surface area (Å²) >= 11 is 3.38. The number of aryl methyl sites for hydroxylation is 1. The van der Waals surface area contributed by atoms with Crippen molar-refractivity contribution in [1.82, 2.24) is 9.78 Å². The van der Waals surface area contributed by atoms with E-state index in [2.05, 4.69) is 21.0 Å². The number of rotatable bonds is 4. The molecule has 0 amide bonds. The van der Waals surface area contributed by atoms with Crippen LogP contribution in [0.4, 0.5) is 0 Å². The molecule has 0 bridgehead atoms. The van der Waals surface area contributed by atoms with Gasteiger partial charge in [0.2, 0.25) is 5.88 Å². The molecule has 0 aliphatic heterocycles. The maximum atomic E-state index is 12.7. The highest BCUT2D eigenvalue weighted by Gasteiger charge is 2.17. The third-order valence-corrected chi connectivity index (χ3v) is 4.78. The first-order valence-corrected chi connectivity index (χ1v) is 9.60. The lowest BCUT2D eigenvalue weighted by Gasteiger charge is -2.08. The smallest absolute Gasteiger partial charge is 0.344 e. The Morgan fingerprint density at radius 1 is 0.929 bits per heavy atom. The highest BCUT2D eigenvalue weighted by atomic mass is 79.9. The van der Waals surface area contributed by atoms with E-state index in [0.717, 1.165) is 27.0 Å². The van der Waals surface area contributed by atoms with Crippen LogP contribution in [-0.4, -0.2) is 15.7 Å². The fraction of sp³-hybridized carbons (Fsp3) is 0.0435. The zero-order valence-corrected chi connectivity index (χ0v) is 16.8. The number of hydrogen-bond acceptors (Lipinski definition) is 3. The van der Waals surface area contributed by atoms with E-state index in [1.807, 2.05) is 67.6 Å². The molecule has 0 radical (unpaired) electrons. The normalized spacial score (nSPS) is 10.6. The van der Waals surface area contributed by atoms with E-state index in [1.54, 1.807) is 28.9 Å². The molecule has 0 atom stereocenters. The van der Waals surface area contributed by atoms with Crippen molar-refractivity contribution < 1.29 is 9.53 Å². The second-order valence-corrected chi connectivity index (χ2v) is 7.30. The van der Waals surface area contributed by atoms with Crippen LogP contribution in [0.1, 0.15) is 15.9 Å². The number of nitrogens with zero attached hydrogens (tertiary/aromatic N) is 2. The minimum Gasteiger partial charge on any atom is -0.404 e. The van der Waals surface area contributed by atoms with E-state index < -0.39 is 5.97 Å². The van der Waals surface area contributed by atoms with Gasteiger partial charge in [0.1, 0.15) is 0 Å². The highest BCUT2D eigenvalue weighted by molar-refractivity contribution is 9.10. The van der Waals surface area contributed by atoms with E-state index in [9.17, 15) is 4.79 Å². The molecule has 0 N–H and O–H groups in total. The molecule has 1 heterocycles. The Kier molecular flexibility index (Phi) is 5.08. The van der Waals surface area contributed by atoms with E-state index >= 15 is 0 Å². The van der Waals surface area contributed by atoms with Crippen molar-refractivity contribution in [2.24, 2.45) is 0 Å². The number of benzene rings is 3. The molecule has 0 unspecified atom stereocenters. The van der Waals surface area contributed by atoms with Crippen LogP contribution in [-0.2, 0) is 0 Å². The predicted molar refractivity (Wildman–Crippen MR) is 113 cm³/mol. The molecule has 4 rings (SSSR count). The van der Waals surface area contributed by atoms with Crippen molar-refractivity contribution >= 4 is 21.9 Å². The molecule has 0 aliphatic rings. The van der Waals surface area contributed by atoms with Crippen LogP contribution in [0.5, 0.6) is 5.88 Å². The molecule has 0 aliphatic carbocycles. The Labute approximate surface area is 171 Å². The van der Waals surface area contributed by atoms with Gasteiger partial charge in [-0.2, -0.15) is 5.10 Å². The average Bonchev–Trinajstić information content (AvgIpc) is 3.13.